The Hall–Kier alpha value is -1.20. The van der Waals surface area contributed by atoms with Gasteiger partial charge in [-0.05, 0) is 38.3 Å². The van der Waals surface area contributed by atoms with Crippen molar-refractivity contribution in [1.29, 1.82) is 0 Å². The van der Waals surface area contributed by atoms with E-state index in [0.29, 0.717) is 6.42 Å². The van der Waals surface area contributed by atoms with Crippen LogP contribution in [0.25, 0.3) is 0 Å². The molecule has 0 bridgehead atoms. The summed E-state index contributed by atoms with van der Waals surface area (Å²) >= 11 is 0. The molecule has 1 aromatic rings. The van der Waals surface area contributed by atoms with Crippen LogP contribution >= 0.6 is 0 Å². The molecule has 2 atom stereocenters. The molecule has 0 radical (unpaired) electrons. The van der Waals surface area contributed by atoms with Crippen molar-refractivity contribution >= 4 is 15.9 Å². The van der Waals surface area contributed by atoms with E-state index in [1.165, 1.54) is 12.1 Å². The van der Waals surface area contributed by atoms with Crippen molar-refractivity contribution in [2.24, 2.45) is 11.8 Å². The number of carbonyl (C=O) groups is 1. The SMILES string of the molecule is CC(=O)[C@@H](C)C[C@@H](C)COS(=O)(=O)c1ccc(C)cc1. The predicted octanol–water partition coefficient (Wildman–Crippen LogP) is 2.95. The Morgan fingerprint density at radius 2 is 1.75 bits per heavy atom. The Morgan fingerprint density at radius 1 is 1.20 bits per heavy atom. The molecule has 0 spiro atoms. The van der Waals surface area contributed by atoms with Crippen LogP contribution in [0.1, 0.15) is 32.8 Å². The Labute approximate surface area is 121 Å². The third-order valence-corrected chi connectivity index (χ3v) is 4.56. The Morgan fingerprint density at radius 3 is 2.25 bits per heavy atom. The van der Waals surface area contributed by atoms with Gasteiger partial charge in [0, 0.05) is 5.92 Å². The lowest BCUT2D eigenvalue weighted by molar-refractivity contribution is -0.120. The maximum atomic E-state index is 12.0. The van der Waals surface area contributed by atoms with Crippen molar-refractivity contribution in [2.45, 2.75) is 39.0 Å². The average molecular weight is 298 g/mol. The molecule has 4 nitrogen and oxygen atoms in total. The lowest BCUT2D eigenvalue weighted by Gasteiger charge is -2.15. The van der Waals surface area contributed by atoms with Crippen molar-refractivity contribution in [3.63, 3.8) is 0 Å². The van der Waals surface area contributed by atoms with Crippen LogP contribution in [-0.4, -0.2) is 20.8 Å². The topological polar surface area (TPSA) is 60.4 Å². The molecule has 0 saturated carbocycles. The largest absolute Gasteiger partial charge is 0.300 e. The smallest absolute Gasteiger partial charge is 0.296 e. The minimum absolute atomic E-state index is 0.00845. The molecule has 0 saturated heterocycles. The minimum Gasteiger partial charge on any atom is -0.300 e. The van der Waals surface area contributed by atoms with Gasteiger partial charge in [-0.2, -0.15) is 8.42 Å². The maximum Gasteiger partial charge on any atom is 0.296 e. The van der Waals surface area contributed by atoms with Crippen molar-refractivity contribution < 1.29 is 17.4 Å². The van der Waals surface area contributed by atoms with Crippen LogP contribution in [0.2, 0.25) is 0 Å². The number of ketones is 1. The highest BCUT2D eigenvalue weighted by molar-refractivity contribution is 7.86. The van der Waals surface area contributed by atoms with E-state index in [2.05, 4.69) is 0 Å². The van der Waals surface area contributed by atoms with E-state index < -0.39 is 10.1 Å². The van der Waals surface area contributed by atoms with E-state index >= 15 is 0 Å². The molecule has 0 aliphatic carbocycles. The Kier molecular flexibility index (Phi) is 5.89. The molecule has 0 fully saturated rings. The van der Waals surface area contributed by atoms with Gasteiger partial charge in [-0.15, -0.1) is 0 Å². The van der Waals surface area contributed by atoms with Crippen LogP contribution in [0, 0.1) is 18.8 Å². The van der Waals surface area contributed by atoms with Crippen molar-refractivity contribution in [3.05, 3.63) is 29.8 Å². The molecule has 1 rings (SSSR count). The first-order chi connectivity index (χ1) is 9.22. The molecule has 0 aliphatic rings. The van der Waals surface area contributed by atoms with Crippen molar-refractivity contribution in [3.8, 4) is 0 Å². The summed E-state index contributed by atoms with van der Waals surface area (Å²) in [5, 5.41) is 0. The van der Waals surface area contributed by atoms with Crippen molar-refractivity contribution in [1.82, 2.24) is 0 Å². The summed E-state index contributed by atoms with van der Waals surface area (Å²) in [5.41, 5.74) is 0.993. The molecule has 0 aromatic heterocycles. The molecular weight excluding hydrogens is 276 g/mol. The molecular formula is C15H22O4S. The summed E-state index contributed by atoms with van der Waals surface area (Å²) in [6, 6.07) is 6.54. The van der Waals surface area contributed by atoms with Crippen LogP contribution < -0.4 is 0 Å². The van der Waals surface area contributed by atoms with Gasteiger partial charge in [0.1, 0.15) is 5.78 Å². The molecule has 0 amide bonds. The summed E-state index contributed by atoms with van der Waals surface area (Å²) in [5.74, 6) is 0.0445. The van der Waals surface area contributed by atoms with E-state index in [9.17, 15) is 13.2 Å². The number of rotatable bonds is 7. The normalized spacial score (nSPS) is 14.8. The summed E-state index contributed by atoms with van der Waals surface area (Å²) in [4.78, 5) is 11.3. The van der Waals surface area contributed by atoms with E-state index in [4.69, 9.17) is 4.18 Å². The van der Waals surface area contributed by atoms with Gasteiger partial charge in [0.05, 0.1) is 11.5 Å². The molecule has 0 heterocycles. The van der Waals surface area contributed by atoms with Crippen LogP contribution in [0.5, 0.6) is 0 Å². The zero-order valence-corrected chi connectivity index (χ0v) is 13.2. The number of benzene rings is 1. The number of aryl methyl sites for hydroxylation is 1. The molecule has 20 heavy (non-hydrogen) atoms. The fourth-order valence-corrected chi connectivity index (χ4v) is 2.83. The second-order valence-electron chi connectivity index (χ2n) is 5.40. The Bertz CT molecular complexity index is 546. The maximum absolute atomic E-state index is 12.0. The van der Waals surface area contributed by atoms with Crippen LogP contribution in [0.15, 0.2) is 29.2 Å². The quantitative estimate of drug-likeness (QED) is 0.726. The molecule has 112 valence electrons. The zero-order chi connectivity index (χ0) is 15.3. The second kappa shape index (κ2) is 6.99. The lowest BCUT2D eigenvalue weighted by atomic mass is 9.95. The summed E-state index contributed by atoms with van der Waals surface area (Å²) in [7, 11) is -3.71. The number of hydrogen-bond acceptors (Lipinski definition) is 4. The van der Waals surface area contributed by atoms with Gasteiger partial charge in [0.2, 0.25) is 0 Å². The number of carbonyl (C=O) groups excluding carboxylic acids is 1. The summed E-state index contributed by atoms with van der Waals surface area (Å²) in [6.45, 7) is 7.25. The highest BCUT2D eigenvalue weighted by Crippen LogP contribution is 2.17. The highest BCUT2D eigenvalue weighted by Gasteiger charge is 2.18. The zero-order valence-electron chi connectivity index (χ0n) is 12.4. The van der Waals surface area contributed by atoms with Crippen molar-refractivity contribution in [2.75, 3.05) is 6.61 Å². The summed E-state index contributed by atoms with van der Waals surface area (Å²) in [6.07, 6.45) is 0.624. The monoisotopic (exact) mass is 298 g/mol. The molecule has 1 aromatic carbocycles. The first-order valence-electron chi connectivity index (χ1n) is 6.69. The van der Waals surface area contributed by atoms with Gasteiger partial charge >= 0.3 is 0 Å². The van der Waals surface area contributed by atoms with Gasteiger partial charge < -0.3 is 0 Å². The van der Waals surface area contributed by atoms with Crippen LogP contribution in [-0.2, 0) is 19.1 Å². The third kappa shape index (κ3) is 5.06. The highest BCUT2D eigenvalue weighted by atomic mass is 32.2. The van der Waals surface area contributed by atoms with Gasteiger partial charge in [0.15, 0.2) is 0 Å². The number of hydrogen-bond donors (Lipinski definition) is 0. The Balaban J connectivity index is 2.59. The van der Waals surface area contributed by atoms with Gasteiger partial charge in [-0.3, -0.25) is 8.98 Å². The van der Waals surface area contributed by atoms with E-state index in [0.717, 1.165) is 5.56 Å². The van der Waals surface area contributed by atoms with Crippen LogP contribution in [0.4, 0.5) is 0 Å². The first kappa shape index (κ1) is 16.9. The number of Topliss-reactive ketones (excluding diaryl/α,β-unsaturated/α-hetero) is 1. The minimum atomic E-state index is -3.71. The van der Waals surface area contributed by atoms with Gasteiger partial charge in [-0.1, -0.05) is 31.5 Å². The molecule has 0 unspecified atom stereocenters. The standard InChI is InChI=1S/C15H22O4S/c1-11-5-7-15(8-6-11)20(17,18)19-10-12(2)9-13(3)14(4)16/h5-8,12-13H,9-10H2,1-4H3/t12-,13+/m1/s1. The lowest BCUT2D eigenvalue weighted by Crippen LogP contribution is -2.17. The van der Waals surface area contributed by atoms with E-state index in [1.54, 1.807) is 19.1 Å². The predicted molar refractivity (Wildman–Crippen MR) is 77.9 cm³/mol. The molecule has 0 aliphatic heterocycles. The second-order valence-corrected chi connectivity index (χ2v) is 7.02. The van der Waals surface area contributed by atoms with Gasteiger partial charge in [-0.25, -0.2) is 0 Å². The summed E-state index contributed by atoms with van der Waals surface area (Å²) < 4.78 is 29.0. The van der Waals surface area contributed by atoms with E-state index in [-0.39, 0.29) is 29.1 Å². The third-order valence-electron chi connectivity index (χ3n) is 3.27. The first-order valence-corrected chi connectivity index (χ1v) is 8.09. The molecule has 5 heteroatoms. The van der Waals surface area contributed by atoms with Gasteiger partial charge in [0.25, 0.3) is 10.1 Å². The average Bonchev–Trinajstić information content (AvgIpc) is 2.37. The molecule has 0 N–H and O–H groups in total. The van der Waals surface area contributed by atoms with E-state index in [1.807, 2.05) is 20.8 Å². The van der Waals surface area contributed by atoms with Crippen LogP contribution in [0.3, 0.4) is 0 Å². The fraction of sp³-hybridized carbons (Fsp3) is 0.533. The fourth-order valence-electron chi connectivity index (χ4n) is 1.82.